The van der Waals surface area contributed by atoms with Crippen molar-refractivity contribution in [3.05, 3.63) is 125 Å². The van der Waals surface area contributed by atoms with Gasteiger partial charge in [-0.25, -0.2) is 4.90 Å². The Hall–Kier alpha value is -4.82. The molecular weight excluding hydrogens is 510 g/mol. The van der Waals surface area contributed by atoms with Gasteiger partial charge in [0.15, 0.2) is 0 Å². The third-order valence-corrected chi connectivity index (χ3v) is 7.09. The monoisotopic (exact) mass is 535 g/mol. The smallest absolute Gasteiger partial charge is 0.283 e. The van der Waals surface area contributed by atoms with Crippen molar-refractivity contribution in [3.63, 3.8) is 0 Å². The number of carbonyl (C=O) groups excluding carboxylic acids is 3. The Labute approximate surface area is 230 Å². The SMILES string of the molecule is COc1cccc(C(=O)Nc2cccc(SC3=C(Nc4ccccc4)C(=O)N(c4ccc(C)cc4)C3=O)c2)c1. The van der Waals surface area contributed by atoms with Crippen LogP contribution in [0.3, 0.4) is 0 Å². The molecule has 2 N–H and O–H groups in total. The highest BCUT2D eigenvalue weighted by atomic mass is 32.2. The number of nitrogens with one attached hydrogen (secondary N) is 2. The second-order valence-corrected chi connectivity index (χ2v) is 9.88. The van der Waals surface area contributed by atoms with Crippen molar-refractivity contribution in [2.24, 2.45) is 0 Å². The number of carbonyl (C=O) groups is 3. The maximum Gasteiger partial charge on any atom is 0.283 e. The lowest BCUT2D eigenvalue weighted by Gasteiger charge is -2.15. The molecule has 3 amide bonds. The number of ether oxygens (including phenoxy) is 1. The first-order chi connectivity index (χ1) is 18.9. The number of methoxy groups -OCH3 is 1. The normalized spacial score (nSPS) is 13.0. The summed E-state index contributed by atoms with van der Waals surface area (Å²) in [6.07, 6.45) is 0. The second-order valence-electron chi connectivity index (χ2n) is 8.79. The minimum atomic E-state index is -0.433. The fraction of sp³-hybridized carbons (Fsp3) is 0.0645. The van der Waals surface area contributed by atoms with Crippen LogP contribution in [0.2, 0.25) is 0 Å². The van der Waals surface area contributed by atoms with Gasteiger partial charge in [0, 0.05) is 21.8 Å². The van der Waals surface area contributed by atoms with Crippen molar-refractivity contribution in [2.45, 2.75) is 11.8 Å². The number of aryl methyl sites for hydroxylation is 1. The summed E-state index contributed by atoms with van der Waals surface area (Å²) in [4.78, 5) is 42.1. The first-order valence-corrected chi connectivity index (χ1v) is 13.0. The first-order valence-electron chi connectivity index (χ1n) is 12.2. The molecule has 4 aromatic carbocycles. The van der Waals surface area contributed by atoms with E-state index in [9.17, 15) is 14.4 Å². The number of anilines is 3. The molecule has 0 aromatic heterocycles. The van der Waals surface area contributed by atoms with Gasteiger partial charge >= 0.3 is 0 Å². The molecule has 7 nitrogen and oxygen atoms in total. The van der Waals surface area contributed by atoms with Crippen LogP contribution >= 0.6 is 11.8 Å². The molecule has 5 rings (SSSR count). The van der Waals surface area contributed by atoms with E-state index in [-0.39, 0.29) is 16.5 Å². The highest BCUT2D eigenvalue weighted by Gasteiger charge is 2.40. The van der Waals surface area contributed by atoms with Gasteiger partial charge in [-0.15, -0.1) is 0 Å². The van der Waals surface area contributed by atoms with E-state index in [0.29, 0.717) is 33.3 Å². The van der Waals surface area contributed by atoms with Crippen molar-refractivity contribution in [3.8, 4) is 5.75 Å². The third-order valence-electron chi connectivity index (χ3n) is 6.02. The van der Waals surface area contributed by atoms with Gasteiger partial charge < -0.3 is 15.4 Å². The molecule has 0 saturated carbocycles. The van der Waals surface area contributed by atoms with Crippen LogP contribution in [0.4, 0.5) is 17.1 Å². The molecule has 0 radical (unpaired) electrons. The Kier molecular flexibility index (Phi) is 7.47. The zero-order chi connectivity index (χ0) is 27.4. The molecule has 1 aliphatic rings. The van der Waals surface area contributed by atoms with E-state index in [1.807, 2.05) is 55.5 Å². The standard InChI is InChI=1S/C31H25N3O4S/c1-20-14-16-24(17-15-20)34-30(36)27(32-22-9-4-3-5-10-22)28(31(34)37)39-26-13-7-11-23(19-26)33-29(35)21-8-6-12-25(18-21)38-2/h3-19,32H,1-2H3,(H,33,35). The molecule has 194 valence electrons. The lowest BCUT2D eigenvalue weighted by molar-refractivity contribution is -0.120. The van der Waals surface area contributed by atoms with E-state index >= 15 is 0 Å². The highest BCUT2D eigenvalue weighted by molar-refractivity contribution is 8.04. The molecule has 0 aliphatic carbocycles. The minimum Gasteiger partial charge on any atom is -0.497 e. The van der Waals surface area contributed by atoms with E-state index in [1.54, 1.807) is 61.7 Å². The predicted molar refractivity (Wildman–Crippen MR) is 154 cm³/mol. The Balaban J connectivity index is 1.43. The van der Waals surface area contributed by atoms with Crippen molar-refractivity contribution in [2.75, 3.05) is 22.6 Å². The second kappa shape index (κ2) is 11.3. The van der Waals surface area contributed by atoms with E-state index in [0.717, 1.165) is 5.56 Å². The fourth-order valence-electron chi connectivity index (χ4n) is 4.03. The zero-order valence-electron chi connectivity index (χ0n) is 21.3. The molecule has 8 heteroatoms. The molecular formula is C31H25N3O4S. The summed E-state index contributed by atoms with van der Waals surface area (Å²) in [5.41, 5.74) is 3.42. The molecule has 0 fully saturated rings. The number of nitrogens with zero attached hydrogens (tertiary/aromatic N) is 1. The number of thioether (sulfide) groups is 1. The highest BCUT2D eigenvalue weighted by Crippen LogP contribution is 2.38. The van der Waals surface area contributed by atoms with Gasteiger partial charge in [-0.05, 0) is 67.6 Å². The number of rotatable bonds is 8. The largest absolute Gasteiger partial charge is 0.497 e. The summed E-state index contributed by atoms with van der Waals surface area (Å²) in [5, 5.41) is 6.03. The first kappa shape index (κ1) is 25.8. The molecule has 0 atom stereocenters. The zero-order valence-corrected chi connectivity index (χ0v) is 22.1. The Morgan fingerprint density at radius 1 is 0.795 bits per heavy atom. The lowest BCUT2D eigenvalue weighted by Crippen LogP contribution is -2.32. The topological polar surface area (TPSA) is 87.7 Å². The molecule has 1 aliphatic heterocycles. The van der Waals surface area contributed by atoms with Crippen LogP contribution in [0, 0.1) is 6.92 Å². The van der Waals surface area contributed by atoms with E-state index in [4.69, 9.17) is 4.74 Å². The van der Waals surface area contributed by atoms with Gasteiger partial charge in [0.1, 0.15) is 16.4 Å². The quantitative estimate of drug-likeness (QED) is 0.260. The molecule has 4 aromatic rings. The summed E-state index contributed by atoms with van der Waals surface area (Å²) in [6.45, 7) is 1.94. The van der Waals surface area contributed by atoms with Gasteiger partial charge in [0.05, 0.1) is 12.8 Å². The molecule has 0 saturated heterocycles. The van der Waals surface area contributed by atoms with Gasteiger partial charge in [-0.1, -0.05) is 59.8 Å². The summed E-state index contributed by atoms with van der Waals surface area (Å²) < 4.78 is 5.21. The van der Waals surface area contributed by atoms with E-state index in [1.165, 1.54) is 16.7 Å². The Bertz CT molecular complexity index is 1580. The number of hydrogen-bond donors (Lipinski definition) is 2. The lowest BCUT2D eigenvalue weighted by atomic mass is 10.2. The summed E-state index contributed by atoms with van der Waals surface area (Å²) in [6, 6.07) is 30.5. The summed E-state index contributed by atoms with van der Waals surface area (Å²) >= 11 is 1.17. The molecule has 0 bridgehead atoms. The van der Waals surface area contributed by atoms with Gasteiger partial charge in [-0.3, -0.25) is 14.4 Å². The molecule has 0 unspecified atom stereocenters. The van der Waals surface area contributed by atoms with Crippen molar-refractivity contribution >= 4 is 46.5 Å². The minimum absolute atomic E-state index is 0.197. The average Bonchev–Trinajstić information content (AvgIpc) is 3.18. The van der Waals surface area contributed by atoms with E-state index in [2.05, 4.69) is 10.6 Å². The number of para-hydroxylation sites is 1. The fourth-order valence-corrected chi connectivity index (χ4v) is 5.02. The van der Waals surface area contributed by atoms with Crippen LogP contribution in [0.5, 0.6) is 5.75 Å². The maximum absolute atomic E-state index is 13.6. The van der Waals surface area contributed by atoms with Crippen LogP contribution in [0.1, 0.15) is 15.9 Å². The molecule has 1 heterocycles. The van der Waals surface area contributed by atoms with Crippen molar-refractivity contribution < 1.29 is 19.1 Å². The van der Waals surface area contributed by atoms with Crippen LogP contribution in [0.25, 0.3) is 0 Å². The summed E-state index contributed by atoms with van der Waals surface area (Å²) in [5.74, 6) is -0.560. The van der Waals surface area contributed by atoms with Gasteiger partial charge in [-0.2, -0.15) is 0 Å². The van der Waals surface area contributed by atoms with Crippen LogP contribution in [-0.2, 0) is 9.59 Å². The number of benzene rings is 4. The number of hydrogen-bond acceptors (Lipinski definition) is 6. The van der Waals surface area contributed by atoms with Crippen molar-refractivity contribution in [1.29, 1.82) is 0 Å². The molecule has 39 heavy (non-hydrogen) atoms. The van der Waals surface area contributed by atoms with Crippen molar-refractivity contribution in [1.82, 2.24) is 0 Å². The number of amides is 3. The van der Waals surface area contributed by atoms with Crippen LogP contribution in [-0.4, -0.2) is 24.8 Å². The van der Waals surface area contributed by atoms with E-state index < -0.39 is 11.8 Å². The predicted octanol–water partition coefficient (Wildman–Crippen LogP) is 6.25. The Morgan fingerprint density at radius 3 is 2.26 bits per heavy atom. The molecule has 0 spiro atoms. The Morgan fingerprint density at radius 2 is 1.51 bits per heavy atom. The van der Waals surface area contributed by atoms with Crippen LogP contribution in [0.15, 0.2) is 119 Å². The maximum atomic E-state index is 13.6. The van der Waals surface area contributed by atoms with Gasteiger partial charge in [0.2, 0.25) is 0 Å². The average molecular weight is 536 g/mol. The summed E-state index contributed by atoms with van der Waals surface area (Å²) in [7, 11) is 1.54. The van der Waals surface area contributed by atoms with Gasteiger partial charge in [0.25, 0.3) is 17.7 Å². The third kappa shape index (κ3) is 5.71. The number of imide groups is 1. The van der Waals surface area contributed by atoms with Crippen LogP contribution < -0.4 is 20.3 Å².